The van der Waals surface area contributed by atoms with E-state index in [2.05, 4.69) is 21.1 Å². The molecule has 4 rings (SSSR count). The summed E-state index contributed by atoms with van der Waals surface area (Å²) in [6, 6.07) is 23.2. The van der Waals surface area contributed by atoms with Gasteiger partial charge in [0.05, 0.1) is 13.2 Å². The average molecular weight is 457 g/mol. The van der Waals surface area contributed by atoms with Gasteiger partial charge in [-0.25, -0.2) is 4.68 Å². The molecule has 0 unspecified atom stereocenters. The van der Waals surface area contributed by atoms with Crippen molar-refractivity contribution in [2.45, 2.75) is 19.9 Å². The summed E-state index contributed by atoms with van der Waals surface area (Å²) in [5.41, 5.74) is 7.23. The largest absolute Gasteiger partial charge is 0.466 e. The molecule has 9 nitrogen and oxygen atoms in total. The minimum absolute atomic E-state index is 0.0441. The third-order valence-electron chi connectivity index (χ3n) is 5.15. The van der Waals surface area contributed by atoms with Gasteiger partial charge >= 0.3 is 5.97 Å². The van der Waals surface area contributed by atoms with Gasteiger partial charge in [0.15, 0.2) is 11.5 Å². The highest BCUT2D eigenvalue weighted by Gasteiger charge is 2.22. The van der Waals surface area contributed by atoms with E-state index in [0.29, 0.717) is 17.8 Å². The molecule has 0 aliphatic carbocycles. The number of esters is 1. The fourth-order valence-electron chi connectivity index (χ4n) is 3.58. The number of ether oxygens (including phenoxy) is 1. The lowest BCUT2D eigenvalue weighted by molar-refractivity contribution is -0.145. The minimum Gasteiger partial charge on any atom is -0.466 e. The van der Waals surface area contributed by atoms with Crippen LogP contribution in [0.1, 0.15) is 18.9 Å². The number of nitrogens with one attached hydrogen (secondary N) is 2. The van der Waals surface area contributed by atoms with Crippen LogP contribution in [0.15, 0.2) is 78.0 Å². The van der Waals surface area contributed by atoms with E-state index in [1.165, 1.54) is 0 Å². The van der Waals surface area contributed by atoms with Crippen molar-refractivity contribution >= 4 is 34.2 Å². The first-order chi connectivity index (χ1) is 16.6. The highest BCUT2D eigenvalue weighted by molar-refractivity contribution is 5.95. The summed E-state index contributed by atoms with van der Waals surface area (Å²) in [7, 11) is 0. The summed E-state index contributed by atoms with van der Waals surface area (Å²) >= 11 is 0. The van der Waals surface area contributed by atoms with Crippen LogP contribution < -0.4 is 10.9 Å². The number of nitrogens with zero attached hydrogens (tertiary/aromatic N) is 3. The van der Waals surface area contributed by atoms with Crippen molar-refractivity contribution < 1.29 is 14.3 Å². The van der Waals surface area contributed by atoms with E-state index in [-0.39, 0.29) is 18.1 Å². The third-order valence-corrected chi connectivity index (χ3v) is 5.15. The molecule has 172 valence electrons. The zero-order valence-corrected chi connectivity index (χ0v) is 18.5. The number of carbonyl (C=O) groups excluding carboxylic acids is 2. The quantitative estimate of drug-likeness (QED) is 0.165. The van der Waals surface area contributed by atoms with Crippen LogP contribution in [0.4, 0.5) is 11.5 Å². The Kier molecular flexibility index (Phi) is 6.92. The van der Waals surface area contributed by atoms with Gasteiger partial charge in [0.1, 0.15) is 12.1 Å². The van der Waals surface area contributed by atoms with Crippen molar-refractivity contribution in [3.63, 3.8) is 0 Å². The Morgan fingerprint density at radius 2 is 1.74 bits per heavy atom. The predicted molar refractivity (Wildman–Crippen MR) is 129 cm³/mol. The van der Waals surface area contributed by atoms with Crippen molar-refractivity contribution in [2.75, 3.05) is 12.0 Å². The van der Waals surface area contributed by atoms with Crippen molar-refractivity contribution in [2.24, 2.45) is 5.18 Å². The van der Waals surface area contributed by atoms with Crippen LogP contribution >= 0.6 is 0 Å². The molecule has 1 amide bonds. The molecule has 0 aliphatic heterocycles. The molecule has 0 radical (unpaired) electrons. The highest BCUT2D eigenvalue weighted by atomic mass is 16.5. The molecule has 0 saturated heterocycles. The maximum Gasteiger partial charge on any atom is 0.315 e. The Bertz CT molecular complexity index is 1330. The van der Waals surface area contributed by atoms with Crippen LogP contribution in [0.5, 0.6) is 0 Å². The summed E-state index contributed by atoms with van der Waals surface area (Å²) in [6.07, 6.45) is -0.463. The molecule has 0 atom stereocenters. The number of rotatable bonds is 9. The number of fused-ring (bicyclic) bond motifs is 1. The van der Waals surface area contributed by atoms with Crippen molar-refractivity contribution in [1.82, 2.24) is 15.2 Å². The number of amides is 1. The molecule has 4 aromatic rings. The molecule has 0 spiro atoms. The monoisotopic (exact) mass is 457 g/mol. The van der Waals surface area contributed by atoms with E-state index in [4.69, 9.17) is 4.74 Å². The Morgan fingerprint density at radius 3 is 2.47 bits per heavy atom. The number of carbonyl (C=O) groups is 2. The number of nitroso groups, excluding NO2 is 1. The number of hydrogen-bond acceptors (Lipinski definition) is 7. The number of anilines is 1. The lowest BCUT2D eigenvalue weighted by Gasteiger charge is -2.11. The molecule has 0 saturated carbocycles. The van der Waals surface area contributed by atoms with Crippen molar-refractivity contribution in [1.29, 1.82) is 0 Å². The molecule has 2 N–H and O–H groups in total. The summed E-state index contributed by atoms with van der Waals surface area (Å²) in [5, 5.41) is 9.91. The van der Waals surface area contributed by atoms with E-state index in [9.17, 15) is 14.5 Å². The number of hydrogen-bond donors (Lipinski definition) is 2. The minimum atomic E-state index is -0.648. The molecule has 0 bridgehead atoms. The Labute approximate surface area is 195 Å². The summed E-state index contributed by atoms with van der Waals surface area (Å²) in [5.74, 6) is -1.06. The first-order valence-corrected chi connectivity index (χ1v) is 10.8. The van der Waals surface area contributed by atoms with Crippen LogP contribution in [0.2, 0.25) is 0 Å². The first kappa shape index (κ1) is 22.7. The smallest absolute Gasteiger partial charge is 0.315 e. The second-order valence-electron chi connectivity index (χ2n) is 7.50. The van der Waals surface area contributed by atoms with Gasteiger partial charge in [0.25, 0.3) is 0 Å². The topological polar surface area (TPSA) is 115 Å². The van der Waals surface area contributed by atoms with Crippen LogP contribution in [0, 0.1) is 4.91 Å². The Morgan fingerprint density at radius 1 is 1.00 bits per heavy atom. The molecule has 1 aromatic heterocycles. The van der Waals surface area contributed by atoms with Crippen molar-refractivity contribution in [3.05, 3.63) is 83.3 Å². The van der Waals surface area contributed by atoms with Gasteiger partial charge in [-0.1, -0.05) is 66.7 Å². The third kappa shape index (κ3) is 5.09. The van der Waals surface area contributed by atoms with Gasteiger partial charge in [-0.3, -0.25) is 20.4 Å². The standard InChI is InChI=1S/C25H23N5O4/c1-2-34-22(32)15-21(31)26-27-25-24(29-33)23(28-30(25)16-17-8-4-3-5-9-17)20-13-12-18-10-6-7-11-19(18)14-20/h3-14,27H,2,15-16H2,1H3,(H,26,31). The fraction of sp³-hybridized carbons (Fsp3) is 0.160. The SMILES string of the molecule is CCOC(=O)CC(=O)NNc1c(N=O)c(-c2ccc3ccccc3c2)nn1Cc1ccccc1. The van der Waals surface area contributed by atoms with Gasteiger partial charge in [0.2, 0.25) is 5.91 Å². The predicted octanol–water partition coefficient (Wildman–Crippen LogP) is 4.55. The Hall–Kier alpha value is -4.53. The number of aromatic nitrogens is 2. The van der Waals surface area contributed by atoms with Gasteiger partial charge in [-0.2, -0.15) is 5.10 Å². The summed E-state index contributed by atoms with van der Waals surface area (Å²) < 4.78 is 6.35. The van der Waals surface area contributed by atoms with Crippen molar-refractivity contribution in [3.8, 4) is 11.3 Å². The highest BCUT2D eigenvalue weighted by Crippen LogP contribution is 2.37. The second-order valence-corrected chi connectivity index (χ2v) is 7.50. The van der Waals surface area contributed by atoms with Gasteiger partial charge < -0.3 is 4.74 Å². The summed E-state index contributed by atoms with van der Waals surface area (Å²) in [6.45, 7) is 2.16. The van der Waals surface area contributed by atoms with E-state index < -0.39 is 18.3 Å². The van der Waals surface area contributed by atoms with Crippen LogP contribution in [0.25, 0.3) is 22.0 Å². The van der Waals surface area contributed by atoms with Crippen LogP contribution in [0.3, 0.4) is 0 Å². The zero-order valence-electron chi connectivity index (χ0n) is 18.5. The normalized spacial score (nSPS) is 10.6. The average Bonchev–Trinajstić information content (AvgIpc) is 3.20. The molecule has 0 fully saturated rings. The van der Waals surface area contributed by atoms with Gasteiger partial charge in [-0.15, -0.1) is 4.91 Å². The maximum atomic E-state index is 12.2. The van der Waals surface area contributed by atoms with Gasteiger partial charge in [-0.05, 0) is 34.5 Å². The molecule has 0 aliphatic rings. The molecule has 1 heterocycles. The van der Waals surface area contributed by atoms with E-state index in [1.807, 2.05) is 72.8 Å². The van der Waals surface area contributed by atoms with E-state index in [0.717, 1.165) is 16.3 Å². The molecular weight excluding hydrogens is 434 g/mol. The number of hydrazine groups is 1. The first-order valence-electron chi connectivity index (χ1n) is 10.8. The van der Waals surface area contributed by atoms with E-state index in [1.54, 1.807) is 11.6 Å². The fourth-order valence-corrected chi connectivity index (χ4v) is 3.58. The van der Waals surface area contributed by atoms with Gasteiger partial charge in [0, 0.05) is 5.56 Å². The lowest BCUT2D eigenvalue weighted by atomic mass is 10.0. The second kappa shape index (κ2) is 10.4. The maximum absolute atomic E-state index is 12.2. The molecule has 3 aromatic carbocycles. The molecular formula is C25H23N5O4. The Balaban J connectivity index is 1.69. The van der Waals surface area contributed by atoms with E-state index >= 15 is 0 Å². The summed E-state index contributed by atoms with van der Waals surface area (Å²) in [4.78, 5) is 35.7. The molecule has 9 heteroatoms. The van der Waals surface area contributed by atoms with Crippen LogP contribution in [-0.4, -0.2) is 28.3 Å². The lowest BCUT2D eigenvalue weighted by Crippen LogP contribution is -2.32. The molecule has 34 heavy (non-hydrogen) atoms. The van der Waals surface area contributed by atoms with Crippen LogP contribution in [-0.2, 0) is 20.9 Å². The zero-order chi connectivity index (χ0) is 23.9. The number of benzene rings is 3.